The quantitative estimate of drug-likeness (QED) is 0.895. The van der Waals surface area contributed by atoms with Crippen LogP contribution in [0, 0.1) is 5.92 Å². The molecule has 0 saturated heterocycles. The Labute approximate surface area is 124 Å². The molecular weight excluding hydrogens is 268 g/mol. The fraction of sp³-hybridized carbons (Fsp3) is 0.562. The van der Waals surface area contributed by atoms with Crippen molar-refractivity contribution in [3.05, 3.63) is 29.6 Å². The Bertz CT molecular complexity index is 531. The fourth-order valence-electron chi connectivity index (χ4n) is 2.64. The van der Waals surface area contributed by atoms with E-state index in [1.165, 1.54) is 0 Å². The van der Waals surface area contributed by atoms with E-state index >= 15 is 0 Å². The topological polar surface area (TPSA) is 79.3 Å². The number of amides is 1. The van der Waals surface area contributed by atoms with Crippen molar-refractivity contribution in [3.63, 3.8) is 0 Å². The Kier molecular flexibility index (Phi) is 4.30. The lowest BCUT2D eigenvalue weighted by atomic mass is 9.88. The summed E-state index contributed by atoms with van der Waals surface area (Å²) in [7, 11) is 0. The van der Waals surface area contributed by atoms with Crippen molar-refractivity contribution in [2.24, 2.45) is 5.92 Å². The molecule has 0 bridgehead atoms. The minimum Gasteiger partial charge on any atom is -0.481 e. The molecule has 1 saturated carbocycles. The number of nitrogens with one attached hydrogen (secondary N) is 1. The number of nitrogens with zero attached hydrogens (tertiary/aromatic N) is 1. The van der Waals surface area contributed by atoms with Crippen molar-refractivity contribution in [3.8, 4) is 0 Å². The monoisotopic (exact) mass is 290 g/mol. The molecule has 0 spiro atoms. The molecule has 2 atom stereocenters. The van der Waals surface area contributed by atoms with Gasteiger partial charge in [0.25, 0.3) is 5.91 Å². The Hall–Kier alpha value is -1.91. The van der Waals surface area contributed by atoms with Crippen LogP contribution in [0.4, 0.5) is 0 Å². The predicted octanol–water partition coefficient (Wildman–Crippen LogP) is 2.36. The molecule has 0 aliphatic heterocycles. The number of rotatable bonds is 3. The summed E-state index contributed by atoms with van der Waals surface area (Å²) >= 11 is 0. The zero-order valence-corrected chi connectivity index (χ0v) is 12.7. The van der Waals surface area contributed by atoms with Crippen LogP contribution < -0.4 is 5.32 Å². The number of carbonyl (C=O) groups is 2. The first-order valence-corrected chi connectivity index (χ1v) is 7.29. The van der Waals surface area contributed by atoms with Gasteiger partial charge in [-0.3, -0.25) is 14.6 Å². The normalized spacial score (nSPS) is 22.0. The summed E-state index contributed by atoms with van der Waals surface area (Å²) in [5.41, 5.74) is 1.38. The highest BCUT2D eigenvalue weighted by molar-refractivity contribution is 5.92. The molecule has 0 aromatic carbocycles. The van der Waals surface area contributed by atoms with Gasteiger partial charge in [0.2, 0.25) is 0 Å². The highest BCUT2D eigenvalue weighted by atomic mass is 16.4. The molecule has 21 heavy (non-hydrogen) atoms. The number of hydrogen-bond donors (Lipinski definition) is 2. The van der Waals surface area contributed by atoms with Gasteiger partial charge in [0.05, 0.1) is 5.92 Å². The molecule has 1 aliphatic rings. The first-order chi connectivity index (χ1) is 9.79. The Morgan fingerprint density at radius 2 is 2.00 bits per heavy atom. The average molecular weight is 290 g/mol. The van der Waals surface area contributed by atoms with Gasteiger partial charge in [-0.1, -0.05) is 33.3 Å². The van der Waals surface area contributed by atoms with Crippen LogP contribution >= 0.6 is 0 Å². The standard InChI is InChI=1S/C16H22N2O3/c1-16(2,3)10-7-8-13(17-9-10)14(19)18-12-6-4-5-11(12)15(20)21/h7-9,11-12H,4-6H2,1-3H3,(H,18,19)(H,20,21)/t11-,12+/m0/s1. The van der Waals surface area contributed by atoms with Crippen LogP contribution in [0.15, 0.2) is 18.3 Å². The van der Waals surface area contributed by atoms with Gasteiger partial charge < -0.3 is 10.4 Å². The zero-order valence-electron chi connectivity index (χ0n) is 12.7. The van der Waals surface area contributed by atoms with Crippen LogP contribution in [0.5, 0.6) is 0 Å². The van der Waals surface area contributed by atoms with Crippen LogP contribution in [0.3, 0.4) is 0 Å². The number of aromatic nitrogens is 1. The van der Waals surface area contributed by atoms with Crippen molar-refractivity contribution < 1.29 is 14.7 Å². The molecule has 5 heteroatoms. The first-order valence-electron chi connectivity index (χ1n) is 7.29. The number of carboxylic acid groups (broad SMARTS) is 1. The third-order valence-corrected chi connectivity index (χ3v) is 4.01. The summed E-state index contributed by atoms with van der Waals surface area (Å²) in [5.74, 6) is -1.62. The van der Waals surface area contributed by atoms with Crippen LogP contribution in [0.2, 0.25) is 0 Å². The molecule has 1 fully saturated rings. The highest BCUT2D eigenvalue weighted by Crippen LogP contribution is 2.26. The maximum absolute atomic E-state index is 12.2. The molecule has 1 amide bonds. The third kappa shape index (κ3) is 3.60. The lowest BCUT2D eigenvalue weighted by Gasteiger charge is -2.19. The summed E-state index contributed by atoms with van der Waals surface area (Å²) in [6, 6.07) is 3.30. The molecule has 1 aromatic rings. The molecule has 114 valence electrons. The van der Waals surface area contributed by atoms with E-state index in [0.29, 0.717) is 18.5 Å². The molecule has 2 N–H and O–H groups in total. The molecular formula is C16H22N2O3. The Morgan fingerprint density at radius 1 is 1.29 bits per heavy atom. The van der Waals surface area contributed by atoms with Crippen LogP contribution in [-0.4, -0.2) is 28.0 Å². The molecule has 0 unspecified atom stereocenters. The fourth-order valence-corrected chi connectivity index (χ4v) is 2.64. The first kappa shape index (κ1) is 15.5. The van der Waals surface area contributed by atoms with Crippen molar-refractivity contribution in [1.82, 2.24) is 10.3 Å². The van der Waals surface area contributed by atoms with Crippen molar-refractivity contribution in [2.45, 2.75) is 51.5 Å². The van der Waals surface area contributed by atoms with E-state index in [9.17, 15) is 9.59 Å². The van der Waals surface area contributed by atoms with Gasteiger partial charge in [-0.15, -0.1) is 0 Å². The van der Waals surface area contributed by atoms with Crippen LogP contribution in [-0.2, 0) is 10.2 Å². The van der Waals surface area contributed by atoms with E-state index in [1.54, 1.807) is 12.3 Å². The lowest BCUT2D eigenvalue weighted by Crippen LogP contribution is -2.40. The van der Waals surface area contributed by atoms with E-state index in [4.69, 9.17) is 5.11 Å². The average Bonchev–Trinajstić information content (AvgIpc) is 2.86. The second-order valence-electron chi connectivity index (χ2n) is 6.64. The molecule has 1 aromatic heterocycles. The van der Waals surface area contributed by atoms with E-state index in [-0.39, 0.29) is 17.4 Å². The van der Waals surface area contributed by atoms with E-state index in [0.717, 1.165) is 12.0 Å². The second kappa shape index (κ2) is 5.84. The van der Waals surface area contributed by atoms with Crippen molar-refractivity contribution in [2.75, 3.05) is 0 Å². The largest absolute Gasteiger partial charge is 0.481 e. The minimum absolute atomic E-state index is 0.0120. The maximum Gasteiger partial charge on any atom is 0.308 e. The summed E-state index contributed by atoms with van der Waals surface area (Å²) in [6.45, 7) is 6.25. The van der Waals surface area contributed by atoms with Gasteiger partial charge in [-0.2, -0.15) is 0 Å². The lowest BCUT2D eigenvalue weighted by molar-refractivity contribution is -0.142. The number of carbonyl (C=O) groups excluding carboxylic acids is 1. The van der Waals surface area contributed by atoms with Gasteiger partial charge in [0.15, 0.2) is 0 Å². The zero-order chi connectivity index (χ0) is 15.6. The molecule has 5 nitrogen and oxygen atoms in total. The molecule has 0 radical (unpaired) electrons. The summed E-state index contributed by atoms with van der Waals surface area (Å²) in [6.07, 6.45) is 3.87. The van der Waals surface area contributed by atoms with E-state index < -0.39 is 11.9 Å². The molecule has 1 heterocycles. The van der Waals surface area contributed by atoms with E-state index in [2.05, 4.69) is 31.1 Å². The van der Waals surface area contributed by atoms with Gasteiger partial charge >= 0.3 is 5.97 Å². The van der Waals surface area contributed by atoms with Gasteiger partial charge in [-0.25, -0.2) is 0 Å². The predicted molar refractivity (Wildman–Crippen MR) is 79.2 cm³/mol. The van der Waals surface area contributed by atoms with Gasteiger partial charge in [0, 0.05) is 12.2 Å². The number of pyridine rings is 1. The smallest absolute Gasteiger partial charge is 0.308 e. The van der Waals surface area contributed by atoms with Crippen LogP contribution in [0.1, 0.15) is 56.1 Å². The van der Waals surface area contributed by atoms with Crippen LogP contribution in [0.25, 0.3) is 0 Å². The Morgan fingerprint density at radius 3 is 2.52 bits per heavy atom. The number of carboxylic acids is 1. The summed E-state index contributed by atoms with van der Waals surface area (Å²) in [5, 5.41) is 11.9. The third-order valence-electron chi connectivity index (χ3n) is 4.01. The Balaban J connectivity index is 2.05. The second-order valence-corrected chi connectivity index (χ2v) is 6.64. The van der Waals surface area contributed by atoms with Gasteiger partial charge in [0.1, 0.15) is 5.69 Å². The highest BCUT2D eigenvalue weighted by Gasteiger charge is 2.34. The van der Waals surface area contributed by atoms with Crippen molar-refractivity contribution >= 4 is 11.9 Å². The van der Waals surface area contributed by atoms with Gasteiger partial charge in [-0.05, 0) is 29.9 Å². The number of hydrogen-bond acceptors (Lipinski definition) is 3. The number of aliphatic carboxylic acids is 1. The molecule has 2 rings (SSSR count). The summed E-state index contributed by atoms with van der Waals surface area (Å²) < 4.78 is 0. The maximum atomic E-state index is 12.2. The molecule has 1 aliphatic carbocycles. The summed E-state index contributed by atoms with van der Waals surface area (Å²) in [4.78, 5) is 27.5. The van der Waals surface area contributed by atoms with E-state index in [1.807, 2.05) is 6.07 Å². The van der Waals surface area contributed by atoms with Crippen molar-refractivity contribution in [1.29, 1.82) is 0 Å². The SMILES string of the molecule is CC(C)(C)c1ccc(C(=O)N[C@@H]2CCC[C@@H]2C(=O)O)nc1. The minimum atomic E-state index is -0.839.